The zero-order chi connectivity index (χ0) is 7.56. The molecule has 10 heavy (non-hydrogen) atoms. The number of phenols is 1. The van der Waals surface area contributed by atoms with Gasteiger partial charge < -0.3 is 10.1 Å². The number of benzene rings is 1. The van der Waals surface area contributed by atoms with E-state index in [0.717, 1.165) is 0 Å². The quantitative estimate of drug-likeness (QED) is 0.563. The van der Waals surface area contributed by atoms with Crippen LogP contribution in [0.2, 0.25) is 5.02 Å². The van der Waals surface area contributed by atoms with Crippen LogP contribution in [0.25, 0.3) is 0 Å². The number of rotatable bonds is 1. The topological polar surface area (TPSA) is 40.5 Å². The normalized spacial score (nSPS) is 9.40. The van der Waals surface area contributed by atoms with Crippen LogP contribution in [0.15, 0.2) is 18.2 Å². The van der Waals surface area contributed by atoms with Gasteiger partial charge >= 0.3 is 7.48 Å². The van der Waals surface area contributed by atoms with E-state index < -0.39 is 0 Å². The zero-order valence-corrected chi connectivity index (χ0v) is 5.97. The van der Waals surface area contributed by atoms with E-state index in [1.807, 2.05) is 0 Å². The molecule has 0 amide bonds. The van der Waals surface area contributed by atoms with Crippen molar-refractivity contribution in [3.05, 3.63) is 23.2 Å². The minimum Gasteiger partial charge on any atom is -0.508 e. The Morgan fingerprint density at radius 3 is 2.60 bits per heavy atom. The van der Waals surface area contributed by atoms with Crippen LogP contribution in [0.1, 0.15) is 0 Å². The summed E-state index contributed by atoms with van der Waals surface area (Å²) in [5.41, 5.74) is 0.451. The Bertz CT molecular complexity index is 239. The summed E-state index contributed by atoms with van der Waals surface area (Å²) in [4.78, 5) is 0. The van der Waals surface area contributed by atoms with Gasteiger partial charge in [0.15, 0.2) is 0 Å². The molecule has 0 bridgehead atoms. The van der Waals surface area contributed by atoms with Crippen molar-refractivity contribution in [2.45, 2.75) is 0 Å². The van der Waals surface area contributed by atoms with Crippen LogP contribution in [0, 0.1) is 0 Å². The van der Waals surface area contributed by atoms with E-state index in [1.165, 1.54) is 12.1 Å². The van der Waals surface area contributed by atoms with Gasteiger partial charge in [-0.2, -0.15) is 0 Å². The van der Waals surface area contributed by atoms with Crippen molar-refractivity contribution in [1.29, 1.82) is 0 Å². The lowest BCUT2D eigenvalue weighted by molar-refractivity contribution is 0.478. The Labute approximate surface area is 64.3 Å². The van der Waals surface area contributed by atoms with Gasteiger partial charge in [-0.1, -0.05) is 11.6 Å². The molecule has 0 saturated heterocycles. The van der Waals surface area contributed by atoms with Crippen LogP contribution in [0.3, 0.4) is 0 Å². The highest BCUT2D eigenvalue weighted by atomic mass is 35.5. The van der Waals surface area contributed by atoms with E-state index in [9.17, 15) is 0 Å². The number of hydrogen-bond acceptors (Lipinski definition) is 2. The second-order valence-electron chi connectivity index (χ2n) is 1.93. The maximum Gasteiger partial charge on any atom is 0.308 e. The van der Waals surface area contributed by atoms with Crippen LogP contribution < -0.4 is 5.46 Å². The van der Waals surface area contributed by atoms with Gasteiger partial charge in [-0.15, -0.1) is 0 Å². The average Bonchev–Trinajstić information content (AvgIpc) is 1.94. The molecule has 1 aromatic rings. The van der Waals surface area contributed by atoms with Crippen molar-refractivity contribution in [2.75, 3.05) is 0 Å². The first-order chi connectivity index (χ1) is 4.74. The van der Waals surface area contributed by atoms with Crippen molar-refractivity contribution in [1.82, 2.24) is 0 Å². The largest absolute Gasteiger partial charge is 0.508 e. The second-order valence-corrected chi connectivity index (χ2v) is 2.37. The summed E-state index contributed by atoms with van der Waals surface area (Å²) in [6.45, 7) is 0. The maximum atomic E-state index is 9.02. The predicted octanol–water partition coefficient (Wildman–Crippen LogP) is 0.0147. The second kappa shape index (κ2) is 2.95. The molecule has 52 valence electrons. The summed E-state index contributed by atoms with van der Waals surface area (Å²) < 4.78 is 0. The third kappa shape index (κ3) is 1.43. The maximum absolute atomic E-state index is 9.02. The highest BCUT2D eigenvalue weighted by Gasteiger charge is 2.00. The summed E-state index contributed by atoms with van der Waals surface area (Å²) in [7, 11) is -0.188. The first-order valence-corrected chi connectivity index (χ1v) is 3.20. The number of phenolic OH excluding ortho intramolecular Hbond substituents is 1. The molecular weight excluding hydrogens is 150 g/mol. The number of aromatic hydroxyl groups is 1. The summed E-state index contributed by atoms with van der Waals surface area (Å²) in [6.07, 6.45) is 0. The Morgan fingerprint density at radius 1 is 1.40 bits per heavy atom. The standard InChI is InChI=1S/C6H6BClO2/c8-4-1-2-6(9)5(3-4)7-10/h1-3,7,9-10H. The van der Waals surface area contributed by atoms with Crippen molar-refractivity contribution < 1.29 is 10.1 Å². The Hall–Kier alpha value is -0.665. The molecule has 0 heterocycles. The number of hydrogen-bond donors (Lipinski definition) is 2. The third-order valence-electron chi connectivity index (χ3n) is 1.21. The van der Waals surface area contributed by atoms with Crippen molar-refractivity contribution in [3.63, 3.8) is 0 Å². The Balaban J connectivity index is 3.09. The van der Waals surface area contributed by atoms with Gasteiger partial charge in [0.1, 0.15) is 5.75 Å². The molecule has 1 aromatic carbocycles. The van der Waals surface area contributed by atoms with Gasteiger partial charge in [0.05, 0.1) is 0 Å². The zero-order valence-electron chi connectivity index (χ0n) is 5.21. The number of halogens is 1. The Morgan fingerprint density at radius 2 is 2.10 bits per heavy atom. The fourth-order valence-corrected chi connectivity index (χ4v) is 0.875. The predicted molar refractivity (Wildman–Crippen MR) is 42.1 cm³/mol. The van der Waals surface area contributed by atoms with Crippen LogP contribution in [-0.2, 0) is 0 Å². The molecule has 2 nitrogen and oxygen atoms in total. The van der Waals surface area contributed by atoms with Crippen LogP contribution in [-0.4, -0.2) is 17.6 Å². The van der Waals surface area contributed by atoms with Gasteiger partial charge in [-0.3, -0.25) is 0 Å². The molecule has 0 unspecified atom stereocenters. The molecule has 0 aliphatic carbocycles. The third-order valence-corrected chi connectivity index (χ3v) is 1.45. The molecular formula is C6H6BClO2. The average molecular weight is 156 g/mol. The molecule has 0 atom stereocenters. The molecule has 0 aliphatic heterocycles. The summed E-state index contributed by atoms with van der Waals surface area (Å²) >= 11 is 5.57. The highest BCUT2D eigenvalue weighted by Crippen LogP contribution is 2.10. The van der Waals surface area contributed by atoms with Gasteiger partial charge in [-0.25, -0.2) is 0 Å². The summed E-state index contributed by atoms with van der Waals surface area (Å²) in [5.74, 6) is 0.0758. The lowest BCUT2D eigenvalue weighted by atomic mass is 9.88. The summed E-state index contributed by atoms with van der Waals surface area (Å²) in [6, 6.07) is 4.54. The lowest BCUT2D eigenvalue weighted by Crippen LogP contribution is -2.13. The lowest BCUT2D eigenvalue weighted by Gasteiger charge is -1.98. The fourth-order valence-electron chi connectivity index (χ4n) is 0.681. The molecule has 4 heteroatoms. The smallest absolute Gasteiger partial charge is 0.308 e. The first kappa shape index (κ1) is 7.44. The van der Waals surface area contributed by atoms with Gasteiger partial charge in [0, 0.05) is 5.02 Å². The van der Waals surface area contributed by atoms with E-state index in [4.69, 9.17) is 21.7 Å². The van der Waals surface area contributed by atoms with Crippen molar-refractivity contribution >= 4 is 24.5 Å². The molecule has 0 spiro atoms. The molecule has 0 saturated carbocycles. The SMILES string of the molecule is OBc1cc(Cl)ccc1O. The van der Waals surface area contributed by atoms with Gasteiger partial charge in [0.2, 0.25) is 0 Å². The molecule has 0 radical (unpaired) electrons. The van der Waals surface area contributed by atoms with E-state index in [2.05, 4.69) is 0 Å². The van der Waals surface area contributed by atoms with Crippen LogP contribution >= 0.6 is 11.6 Å². The van der Waals surface area contributed by atoms with Crippen molar-refractivity contribution in [3.8, 4) is 5.75 Å². The fraction of sp³-hybridized carbons (Fsp3) is 0. The van der Waals surface area contributed by atoms with E-state index in [0.29, 0.717) is 10.5 Å². The Kier molecular flexibility index (Phi) is 2.19. The molecule has 2 N–H and O–H groups in total. The van der Waals surface area contributed by atoms with Crippen LogP contribution in [0.5, 0.6) is 5.75 Å². The first-order valence-electron chi connectivity index (χ1n) is 2.82. The van der Waals surface area contributed by atoms with E-state index >= 15 is 0 Å². The minimum absolute atomic E-state index is 0.0758. The van der Waals surface area contributed by atoms with E-state index in [1.54, 1.807) is 6.07 Å². The highest BCUT2D eigenvalue weighted by molar-refractivity contribution is 6.47. The molecule has 0 aromatic heterocycles. The van der Waals surface area contributed by atoms with Crippen molar-refractivity contribution in [2.24, 2.45) is 0 Å². The van der Waals surface area contributed by atoms with Gasteiger partial charge in [-0.05, 0) is 23.7 Å². The monoisotopic (exact) mass is 156 g/mol. The minimum atomic E-state index is -0.188. The van der Waals surface area contributed by atoms with E-state index in [-0.39, 0.29) is 13.2 Å². The molecule has 1 rings (SSSR count). The summed E-state index contributed by atoms with van der Waals surface area (Å²) in [5, 5.41) is 18.2. The molecule has 0 fully saturated rings. The molecule has 0 aliphatic rings. The van der Waals surface area contributed by atoms with Crippen LogP contribution in [0.4, 0.5) is 0 Å². The van der Waals surface area contributed by atoms with Gasteiger partial charge in [0.25, 0.3) is 0 Å².